The molecule has 1 fully saturated rings. The van der Waals surface area contributed by atoms with Crippen molar-refractivity contribution in [3.63, 3.8) is 0 Å². The lowest BCUT2D eigenvalue weighted by molar-refractivity contribution is 0.341. The maximum absolute atomic E-state index is 9.45. The molecule has 0 radical (unpaired) electrons. The van der Waals surface area contributed by atoms with Crippen LogP contribution in [0.1, 0.15) is 38.2 Å². The maximum Gasteiger partial charge on any atom is 0.103 e. The van der Waals surface area contributed by atoms with Gasteiger partial charge in [0.2, 0.25) is 0 Å². The Morgan fingerprint density at radius 3 is 2.62 bits per heavy atom. The summed E-state index contributed by atoms with van der Waals surface area (Å²) in [6.07, 6.45) is 6.68. The van der Waals surface area contributed by atoms with Crippen molar-refractivity contribution < 1.29 is 0 Å². The van der Waals surface area contributed by atoms with Crippen LogP contribution in [0.25, 0.3) is 10.9 Å². The monoisotopic (exact) mass is 279 g/mol. The highest BCUT2D eigenvalue weighted by Crippen LogP contribution is 2.34. The summed E-state index contributed by atoms with van der Waals surface area (Å²) in [7, 11) is 2.13. The summed E-state index contributed by atoms with van der Waals surface area (Å²) in [4.78, 5) is 6.72. The molecule has 21 heavy (non-hydrogen) atoms. The van der Waals surface area contributed by atoms with Crippen LogP contribution < -0.4 is 4.90 Å². The predicted octanol–water partition coefficient (Wildman–Crippen LogP) is 4.12. The minimum atomic E-state index is 0.527. The van der Waals surface area contributed by atoms with Crippen molar-refractivity contribution in [1.82, 2.24) is 4.98 Å². The van der Waals surface area contributed by atoms with Gasteiger partial charge in [0.25, 0.3) is 0 Å². The Bertz CT molecular complexity index is 678. The molecule has 108 valence electrons. The van der Waals surface area contributed by atoms with E-state index in [0.29, 0.717) is 11.6 Å². The van der Waals surface area contributed by atoms with E-state index in [-0.39, 0.29) is 0 Å². The average Bonchev–Trinajstić information content (AvgIpc) is 2.53. The summed E-state index contributed by atoms with van der Waals surface area (Å²) >= 11 is 0. The van der Waals surface area contributed by atoms with E-state index in [9.17, 15) is 5.26 Å². The molecule has 0 unspecified atom stereocenters. The molecule has 1 aliphatic carbocycles. The highest BCUT2D eigenvalue weighted by molar-refractivity contribution is 5.94. The number of pyridine rings is 1. The van der Waals surface area contributed by atoms with Crippen LogP contribution in [-0.4, -0.2) is 18.1 Å². The number of nitrogens with zero attached hydrogens (tertiary/aromatic N) is 3. The fraction of sp³-hybridized carbons (Fsp3) is 0.444. The third-order valence-electron chi connectivity index (χ3n) is 4.75. The summed E-state index contributed by atoms with van der Waals surface area (Å²) in [6, 6.07) is 10.9. The molecular weight excluding hydrogens is 258 g/mol. The van der Waals surface area contributed by atoms with Crippen LogP contribution in [0.5, 0.6) is 0 Å². The first-order valence-corrected chi connectivity index (χ1v) is 7.71. The fourth-order valence-corrected chi connectivity index (χ4v) is 3.40. The Morgan fingerprint density at radius 1 is 1.19 bits per heavy atom. The number of para-hydroxylation sites is 1. The molecule has 0 aliphatic heterocycles. The van der Waals surface area contributed by atoms with Gasteiger partial charge in [-0.25, -0.2) is 0 Å². The van der Waals surface area contributed by atoms with Crippen molar-refractivity contribution >= 4 is 16.6 Å². The van der Waals surface area contributed by atoms with Crippen LogP contribution in [-0.2, 0) is 0 Å². The molecule has 0 bridgehead atoms. The van der Waals surface area contributed by atoms with Gasteiger partial charge in [-0.1, -0.05) is 25.1 Å². The van der Waals surface area contributed by atoms with Gasteiger partial charge in [0.05, 0.1) is 16.8 Å². The van der Waals surface area contributed by atoms with Crippen LogP contribution in [0.15, 0.2) is 30.5 Å². The van der Waals surface area contributed by atoms with Gasteiger partial charge < -0.3 is 4.90 Å². The average molecular weight is 279 g/mol. The van der Waals surface area contributed by atoms with Gasteiger partial charge in [0.15, 0.2) is 0 Å². The molecule has 1 heterocycles. The van der Waals surface area contributed by atoms with Crippen molar-refractivity contribution in [3.05, 3.63) is 36.0 Å². The minimum Gasteiger partial charge on any atom is -0.370 e. The Hall–Kier alpha value is -2.08. The largest absolute Gasteiger partial charge is 0.370 e. The number of benzene rings is 1. The van der Waals surface area contributed by atoms with Crippen molar-refractivity contribution in [3.8, 4) is 6.07 Å². The zero-order valence-corrected chi connectivity index (χ0v) is 12.7. The zero-order valence-electron chi connectivity index (χ0n) is 12.7. The van der Waals surface area contributed by atoms with E-state index in [4.69, 9.17) is 0 Å². The van der Waals surface area contributed by atoms with Crippen LogP contribution in [0.2, 0.25) is 0 Å². The number of aromatic nitrogens is 1. The summed E-state index contributed by atoms with van der Waals surface area (Å²) in [6.45, 7) is 2.33. The van der Waals surface area contributed by atoms with Gasteiger partial charge in [-0.05, 0) is 37.7 Å². The van der Waals surface area contributed by atoms with Crippen LogP contribution in [0, 0.1) is 17.2 Å². The molecule has 3 rings (SSSR count). The predicted molar refractivity (Wildman–Crippen MR) is 86.3 cm³/mol. The SMILES string of the molecule is CC1CCC(N(C)c2c(C#N)cnc3ccccc23)CC1. The van der Waals surface area contributed by atoms with E-state index in [1.807, 2.05) is 18.2 Å². The molecule has 3 heteroatoms. The summed E-state index contributed by atoms with van der Waals surface area (Å²) in [5, 5.41) is 10.5. The molecule has 0 amide bonds. The number of rotatable bonds is 2. The molecule has 1 aromatic heterocycles. The quantitative estimate of drug-likeness (QED) is 0.830. The van der Waals surface area contributed by atoms with E-state index < -0.39 is 0 Å². The molecule has 1 aromatic carbocycles. The van der Waals surface area contributed by atoms with Gasteiger partial charge in [-0.3, -0.25) is 4.98 Å². The van der Waals surface area contributed by atoms with Gasteiger partial charge in [0, 0.05) is 24.7 Å². The maximum atomic E-state index is 9.45. The highest BCUT2D eigenvalue weighted by atomic mass is 15.1. The van der Waals surface area contributed by atoms with Crippen molar-refractivity contribution in [2.75, 3.05) is 11.9 Å². The third-order valence-corrected chi connectivity index (χ3v) is 4.75. The van der Waals surface area contributed by atoms with E-state index in [1.165, 1.54) is 25.7 Å². The summed E-state index contributed by atoms with van der Waals surface area (Å²) < 4.78 is 0. The van der Waals surface area contributed by atoms with Gasteiger partial charge in [-0.2, -0.15) is 5.26 Å². The second kappa shape index (κ2) is 5.73. The molecule has 0 N–H and O–H groups in total. The Morgan fingerprint density at radius 2 is 1.90 bits per heavy atom. The smallest absolute Gasteiger partial charge is 0.103 e. The van der Waals surface area contributed by atoms with Crippen LogP contribution in [0.4, 0.5) is 5.69 Å². The topological polar surface area (TPSA) is 39.9 Å². The molecule has 0 saturated heterocycles. The van der Waals surface area contributed by atoms with Gasteiger partial charge in [-0.15, -0.1) is 0 Å². The Balaban J connectivity index is 2.04. The van der Waals surface area contributed by atoms with Crippen LogP contribution in [0.3, 0.4) is 0 Å². The number of anilines is 1. The van der Waals surface area contributed by atoms with E-state index in [1.54, 1.807) is 6.20 Å². The lowest BCUT2D eigenvalue weighted by atomic mass is 9.86. The van der Waals surface area contributed by atoms with E-state index >= 15 is 0 Å². The zero-order chi connectivity index (χ0) is 14.8. The van der Waals surface area contributed by atoms with E-state index in [2.05, 4.69) is 36.0 Å². The first-order chi connectivity index (χ1) is 10.2. The summed E-state index contributed by atoms with van der Waals surface area (Å²) in [5.74, 6) is 0.833. The first kappa shape index (κ1) is 13.9. The normalized spacial score (nSPS) is 22.0. The number of fused-ring (bicyclic) bond motifs is 1. The second-order valence-electron chi connectivity index (χ2n) is 6.17. The molecule has 3 nitrogen and oxygen atoms in total. The van der Waals surface area contributed by atoms with Crippen molar-refractivity contribution in [2.45, 2.75) is 38.6 Å². The Labute approximate surface area is 126 Å². The number of hydrogen-bond acceptors (Lipinski definition) is 3. The third kappa shape index (κ3) is 2.58. The number of hydrogen-bond donors (Lipinski definition) is 0. The van der Waals surface area contributed by atoms with Crippen LogP contribution >= 0.6 is 0 Å². The number of nitriles is 1. The Kier molecular flexibility index (Phi) is 3.79. The summed E-state index contributed by atoms with van der Waals surface area (Å²) in [5.41, 5.74) is 2.68. The van der Waals surface area contributed by atoms with E-state index in [0.717, 1.165) is 22.5 Å². The molecule has 0 spiro atoms. The van der Waals surface area contributed by atoms with Gasteiger partial charge >= 0.3 is 0 Å². The first-order valence-electron chi connectivity index (χ1n) is 7.71. The molecular formula is C18H21N3. The second-order valence-corrected chi connectivity index (χ2v) is 6.17. The lowest BCUT2D eigenvalue weighted by Crippen LogP contribution is -2.35. The van der Waals surface area contributed by atoms with Crippen molar-refractivity contribution in [2.24, 2.45) is 5.92 Å². The minimum absolute atomic E-state index is 0.527. The highest BCUT2D eigenvalue weighted by Gasteiger charge is 2.24. The standard InChI is InChI=1S/C18H21N3/c1-13-7-9-15(10-8-13)21(2)18-14(11-19)12-20-17-6-4-3-5-16(17)18/h3-6,12-13,15H,7-10H2,1-2H3. The molecule has 1 aliphatic rings. The lowest BCUT2D eigenvalue weighted by Gasteiger charge is -2.36. The molecule has 1 saturated carbocycles. The fourth-order valence-electron chi connectivity index (χ4n) is 3.40. The van der Waals surface area contributed by atoms with Gasteiger partial charge in [0.1, 0.15) is 6.07 Å². The van der Waals surface area contributed by atoms with Crippen molar-refractivity contribution in [1.29, 1.82) is 5.26 Å². The molecule has 2 aromatic rings. The molecule has 0 atom stereocenters.